The van der Waals surface area contributed by atoms with E-state index < -0.39 is 9.84 Å². The molecule has 0 saturated carbocycles. The molecular formula is C9H9IN2O2S. The zero-order valence-corrected chi connectivity index (χ0v) is 11.0. The number of imidazole rings is 1. The van der Waals surface area contributed by atoms with Crippen molar-refractivity contribution in [2.24, 2.45) is 0 Å². The van der Waals surface area contributed by atoms with Crippen molar-refractivity contribution in [2.75, 3.05) is 5.75 Å². The molecule has 0 aromatic carbocycles. The maximum atomic E-state index is 11.7. The molecule has 80 valence electrons. The van der Waals surface area contributed by atoms with E-state index in [4.69, 9.17) is 0 Å². The number of nitrogens with zero attached hydrogens (tertiary/aromatic N) is 2. The first-order chi connectivity index (χ1) is 7.04. The molecule has 0 bridgehead atoms. The van der Waals surface area contributed by atoms with Crippen LogP contribution in [0.5, 0.6) is 0 Å². The van der Waals surface area contributed by atoms with Gasteiger partial charge in [-0.2, -0.15) is 0 Å². The molecule has 0 atom stereocenters. The summed E-state index contributed by atoms with van der Waals surface area (Å²) in [6.07, 6.45) is 3.18. The van der Waals surface area contributed by atoms with Gasteiger partial charge in [0, 0.05) is 9.77 Å². The molecule has 2 rings (SSSR count). The van der Waals surface area contributed by atoms with Crippen LogP contribution in [0.3, 0.4) is 0 Å². The molecule has 0 fully saturated rings. The minimum Gasteiger partial charge on any atom is -0.290 e. The highest BCUT2D eigenvalue weighted by molar-refractivity contribution is 14.1. The molecule has 0 radical (unpaired) electrons. The van der Waals surface area contributed by atoms with E-state index in [1.54, 1.807) is 23.6 Å². The number of pyridine rings is 1. The molecular weight excluding hydrogens is 327 g/mol. The molecule has 0 aliphatic rings. The predicted molar refractivity (Wildman–Crippen MR) is 65.6 cm³/mol. The van der Waals surface area contributed by atoms with Gasteiger partial charge in [0.05, 0.1) is 11.9 Å². The average Bonchev–Trinajstić information content (AvgIpc) is 2.61. The van der Waals surface area contributed by atoms with Gasteiger partial charge in [-0.05, 0) is 34.7 Å². The minimum atomic E-state index is -3.20. The zero-order chi connectivity index (χ0) is 11.1. The summed E-state index contributed by atoms with van der Waals surface area (Å²) in [7, 11) is -3.20. The summed E-state index contributed by atoms with van der Waals surface area (Å²) < 4.78 is 26.0. The first kappa shape index (κ1) is 10.9. The maximum absolute atomic E-state index is 11.7. The van der Waals surface area contributed by atoms with Gasteiger partial charge in [-0.15, -0.1) is 0 Å². The van der Waals surface area contributed by atoms with Crippen LogP contribution in [-0.2, 0) is 9.84 Å². The van der Waals surface area contributed by atoms with Crippen LogP contribution in [0.2, 0.25) is 0 Å². The van der Waals surface area contributed by atoms with Crippen LogP contribution in [0.4, 0.5) is 0 Å². The summed E-state index contributed by atoms with van der Waals surface area (Å²) in [5.74, 6) is 0.0896. The fourth-order valence-electron chi connectivity index (χ4n) is 1.31. The lowest BCUT2D eigenvalue weighted by Crippen LogP contribution is -2.06. The summed E-state index contributed by atoms with van der Waals surface area (Å²) in [5.41, 5.74) is 0.655. The first-order valence-corrected chi connectivity index (χ1v) is 7.13. The quantitative estimate of drug-likeness (QED) is 0.785. The van der Waals surface area contributed by atoms with Crippen molar-refractivity contribution in [3.63, 3.8) is 0 Å². The Balaban J connectivity index is 2.78. The Morgan fingerprint density at radius 2 is 2.20 bits per heavy atom. The highest BCUT2D eigenvalue weighted by atomic mass is 127. The van der Waals surface area contributed by atoms with E-state index in [9.17, 15) is 8.42 Å². The SMILES string of the molecule is CCS(=O)(=O)c1cnc2ccc(I)cn12. The third kappa shape index (κ3) is 1.87. The smallest absolute Gasteiger partial charge is 0.195 e. The van der Waals surface area contributed by atoms with Gasteiger partial charge in [0.2, 0.25) is 0 Å². The first-order valence-electron chi connectivity index (χ1n) is 4.40. The number of hydrogen-bond donors (Lipinski definition) is 0. The molecule has 0 amide bonds. The minimum absolute atomic E-state index is 0.0896. The molecule has 2 aromatic rings. The van der Waals surface area contributed by atoms with E-state index in [2.05, 4.69) is 27.6 Å². The molecule has 0 N–H and O–H groups in total. The summed E-state index contributed by atoms with van der Waals surface area (Å²) in [6.45, 7) is 1.63. The van der Waals surface area contributed by atoms with Gasteiger partial charge >= 0.3 is 0 Å². The van der Waals surface area contributed by atoms with Crippen molar-refractivity contribution < 1.29 is 8.42 Å². The van der Waals surface area contributed by atoms with Crippen LogP contribution in [0.15, 0.2) is 29.6 Å². The van der Waals surface area contributed by atoms with E-state index in [1.807, 2.05) is 6.07 Å². The van der Waals surface area contributed by atoms with Crippen LogP contribution in [0.1, 0.15) is 6.92 Å². The predicted octanol–water partition coefficient (Wildman–Crippen LogP) is 1.73. The molecule has 0 saturated heterocycles. The Morgan fingerprint density at radius 3 is 2.87 bits per heavy atom. The Bertz CT molecular complexity index is 604. The molecule has 15 heavy (non-hydrogen) atoms. The third-order valence-electron chi connectivity index (χ3n) is 2.13. The van der Waals surface area contributed by atoms with E-state index in [-0.39, 0.29) is 10.8 Å². The molecule has 6 heteroatoms. The maximum Gasteiger partial charge on any atom is 0.195 e. The molecule has 0 unspecified atom stereocenters. The van der Waals surface area contributed by atoms with Crippen LogP contribution in [0, 0.1) is 3.57 Å². The van der Waals surface area contributed by atoms with Crippen molar-refractivity contribution in [3.05, 3.63) is 28.1 Å². The highest BCUT2D eigenvalue weighted by Gasteiger charge is 2.16. The van der Waals surface area contributed by atoms with Crippen molar-refractivity contribution in [2.45, 2.75) is 11.9 Å². The Labute approximate surface area is 101 Å². The summed E-state index contributed by atoms with van der Waals surface area (Å²) in [4.78, 5) is 4.05. The van der Waals surface area contributed by atoms with E-state index >= 15 is 0 Å². The van der Waals surface area contributed by atoms with Crippen molar-refractivity contribution >= 4 is 38.1 Å². The third-order valence-corrected chi connectivity index (χ3v) is 4.47. The monoisotopic (exact) mass is 336 g/mol. The van der Waals surface area contributed by atoms with E-state index in [0.29, 0.717) is 5.65 Å². The van der Waals surface area contributed by atoms with E-state index in [0.717, 1.165) is 3.57 Å². The number of aromatic nitrogens is 2. The average molecular weight is 336 g/mol. The number of sulfone groups is 1. The van der Waals surface area contributed by atoms with Gasteiger partial charge in [0.15, 0.2) is 14.9 Å². The lowest BCUT2D eigenvalue weighted by Gasteiger charge is -2.01. The lowest BCUT2D eigenvalue weighted by molar-refractivity contribution is 0.592. The van der Waals surface area contributed by atoms with Crippen LogP contribution in [-0.4, -0.2) is 23.6 Å². The second-order valence-corrected chi connectivity index (χ2v) is 6.55. The number of rotatable bonds is 2. The Hall–Kier alpha value is -0.630. The fourth-order valence-corrected chi connectivity index (χ4v) is 2.72. The highest BCUT2D eigenvalue weighted by Crippen LogP contribution is 2.15. The normalized spacial score (nSPS) is 12.1. The van der Waals surface area contributed by atoms with Crippen molar-refractivity contribution in [1.82, 2.24) is 9.38 Å². The van der Waals surface area contributed by atoms with Gasteiger partial charge in [-0.3, -0.25) is 4.40 Å². The van der Waals surface area contributed by atoms with Gasteiger partial charge in [0.25, 0.3) is 0 Å². The molecule has 4 nitrogen and oxygen atoms in total. The summed E-state index contributed by atoms with van der Waals surface area (Å²) >= 11 is 2.14. The number of halogens is 1. The largest absolute Gasteiger partial charge is 0.290 e. The molecule has 0 spiro atoms. The Morgan fingerprint density at radius 1 is 1.47 bits per heavy atom. The lowest BCUT2D eigenvalue weighted by atomic mass is 10.5. The van der Waals surface area contributed by atoms with Gasteiger partial charge in [-0.1, -0.05) is 6.92 Å². The molecule has 0 aliphatic carbocycles. The molecule has 2 heterocycles. The van der Waals surface area contributed by atoms with Crippen molar-refractivity contribution in [3.8, 4) is 0 Å². The summed E-state index contributed by atoms with van der Waals surface area (Å²) in [5, 5.41) is 0.263. The zero-order valence-electron chi connectivity index (χ0n) is 8.01. The Kier molecular flexibility index (Phi) is 2.72. The van der Waals surface area contributed by atoms with Gasteiger partial charge in [0.1, 0.15) is 5.65 Å². The van der Waals surface area contributed by atoms with Gasteiger partial charge < -0.3 is 0 Å². The van der Waals surface area contributed by atoms with Crippen molar-refractivity contribution in [1.29, 1.82) is 0 Å². The molecule has 0 aliphatic heterocycles. The van der Waals surface area contributed by atoms with Gasteiger partial charge in [-0.25, -0.2) is 13.4 Å². The van der Waals surface area contributed by atoms with Crippen LogP contribution >= 0.6 is 22.6 Å². The topological polar surface area (TPSA) is 51.4 Å². The van der Waals surface area contributed by atoms with Crippen LogP contribution in [0.25, 0.3) is 5.65 Å². The standard InChI is InChI=1S/C9H9IN2O2S/c1-2-15(13,14)9-5-11-8-4-3-7(10)6-12(8)9/h3-6H,2H2,1H3. The number of hydrogen-bond acceptors (Lipinski definition) is 3. The van der Waals surface area contributed by atoms with Crippen LogP contribution < -0.4 is 0 Å². The number of fused-ring (bicyclic) bond motifs is 1. The summed E-state index contributed by atoms with van der Waals surface area (Å²) in [6, 6.07) is 3.70. The second kappa shape index (κ2) is 3.75. The molecule has 2 aromatic heterocycles. The van der Waals surface area contributed by atoms with E-state index in [1.165, 1.54) is 6.20 Å². The fraction of sp³-hybridized carbons (Fsp3) is 0.222. The second-order valence-electron chi connectivity index (χ2n) is 3.08.